The van der Waals surface area contributed by atoms with E-state index in [0.29, 0.717) is 0 Å². The van der Waals surface area contributed by atoms with Crippen molar-refractivity contribution >= 4 is 17.0 Å². The van der Waals surface area contributed by atoms with E-state index in [9.17, 15) is 0 Å². The average molecular weight is 204 g/mol. The summed E-state index contributed by atoms with van der Waals surface area (Å²) in [5.74, 6) is 0. The minimum Gasteiger partial charge on any atom is -0.379 e. The maximum absolute atomic E-state index is 4.38. The summed E-state index contributed by atoms with van der Waals surface area (Å²) in [6.45, 7) is 2.82. The Kier molecular flexibility index (Phi) is 2.79. The van der Waals surface area contributed by atoms with Gasteiger partial charge in [0.1, 0.15) is 0 Å². The first-order valence-corrected chi connectivity index (χ1v) is 5.42. The van der Waals surface area contributed by atoms with Gasteiger partial charge in [-0.2, -0.15) is 0 Å². The summed E-state index contributed by atoms with van der Waals surface area (Å²) in [5.41, 5.74) is 2.24. The third kappa shape index (κ3) is 2.33. The van der Waals surface area contributed by atoms with Crippen LogP contribution in [0.2, 0.25) is 0 Å². The van der Waals surface area contributed by atoms with Gasteiger partial charge >= 0.3 is 0 Å². The zero-order chi connectivity index (χ0) is 9.80. The van der Waals surface area contributed by atoms with Gasteiger partial charge in [-0.15, -0.1) is 11.3 Å². The summed E-state index contributed by atoms with van der Waals surface area (Å²) in [6, 6.07) is 10.2. The lowest BCUT2D eigenvalue weighted by atomic mass is 10.3. The monoisotopic (exact) mass is 204 g/mol. The molecule has 0 atom stereocenters. The molecule has 1 aromatic carbocycles. The van der Waals surface area contributed by atoms with E-state index in [1.807, 2.05) is 25.1 Å². The Hall–Kier alpha value is -1.35. The molecule has 0 aliphatic carbocycles. The van der Waals surface area contributed by atoms with E-state index in [4.69, 9.17) is 0 Å². The van der Waals surface area contributed by atoms with Crippen LogP contribution in [0.1, 0.15) is 10.7 Å². The normalized spacial score (nSPS) is 10.1. The van der Waals surface area contributed by atoms with Crippen molar-refractivity contribution in [1.29, 1.82) is 0 Å². The molecule has 1 aromatic heterocycles. The number of aryl methyl sites for hydroxylation is 1. The molecular weight excluding hydrogens is 192 g/mol. The lowest BCUT2D eigenvalue weighted by Gasteiger charge is -2.02. The molecule has 0 spiro atoms. The van der Waals surface area contributed by atoms with E-state index >= 15 is 0 Å². The summed E-state index contributed by atoms with van der Waals surface area (Å²) in [6.07, 6.45) is 0. The molecule has 1 N–H and O–H groups in total. The van der Waals surface area contributed by atoms with Crippen molar-refractivity contribution in [3.63, 3.8) is 0 Å². The molecular formula is C11H12N2S. The second kappa shape index (κ2) is 4.24. The molecule has 1 heterocycles. The first kappa shape index (κ1) is 9.21. The molecule has 0 radical (unpaired) electrons. The average Bonchev–Trinajstić information content (AvgIpc) is 2.63. The molecule has 0 aliphatic rings. The molecule has 0 fully saturated rings. The van der Waals surface area contributed by atoms with E-state index in [1.165, 1.54) is 0 Å². The lowest BCUT2D eigenvalue weighted by Crippen LogP contribution is -1.99. The zero-order valence-corrected chi connectivity index (χ0v) is 8.84. The van der Waals surface area contributed by atoms with Crippen LogP contribution in [-0.2, 0) is 6.54 Å². The first-order chi connectivity index (χ1) is 6.84. The van der Waals surface area contributed by atoms with Gasteiger partial charge in [0.2, 0.25) is 0 Å². The molecule has 3 heteroatoms. The Morgan fingerprint density at radius 3 is 2.71 bits per heavy atom. The van der Waals surface area contributed by atoms with Gasteiger partial charge in [0, 0.05) is 11.1 Å². The fourth-order valence-corrected chi connectivity index (χ4v) is 1.85. The van der Waals surface area contributed by atoms with Crippen LogP contribution in [0.25, 0.3) is 0 Å². The van der Waals surface area contributed by atoms with Crippen LogP contribution >= 0.6 is 11.3 Å². The van der Waals surface area contributed by atoms with Crippen LogP contribution < -0.4 is 5.32 Å². The maximum Gasteiger partial charge on any atom is 0.0898 e. The summed E-state index contributed by atoms with van der Waals surface area (Å²) in [5, 5.41) is 6.53. The van der Waals surface area contributed by atoms with Crippen LogP contribution in [0, 0.1) is 6.92 Å². The predicted molar refractivity (Wildman–Crippen MR) is 60.6 cm³/mol. The number of rotatable bonds is 3. The van der Waals surface area contributed by atoms with Crippen molar-refractivity contribution in [2.45, 2.75) is 13.5 Å². The highest BCUT2D eigenvalue weighted by Gasteiger charge is 1.97. The number of anilines is 1. The van der Waals surface area contributed by atoms with Crippen molar-refractivity contribution in [3.05, 3.63) is 46.4 Å². The molecule has 0 saturated carbocycles. The first-order valence-electron chi connectivity index (χ1n) is 4.54. The summed E-state index contributed by atoms with van der Waals surface area (Å²) < 4.78 is 0. The molecule has 14 heavy (non-hydrogen) atoms. The minimum atomic E-state index is 0.800. The number of hydrogen-bond acceptors (Lipinski definition) is 3. The molecule has 2 aromatic rings. The van der Waals surface area contributed by atoms with Gasteiger partial charge in [0.15, 0.2) is 0 Å². The quantitative estimate of drug-likeness (QED) is 0.831. The number of benzene rings is 1. The third-order valence-corrected chi connectivity index (χ3v) is 2.74. The SMILES string of the molecule is Cc1nc(CNc2ccccc2)cs1. The predicted octanol–water partition coefficient (Wildman–Crippen LogP) is 3.06. The molecule has 0 unspecified atom stereocenters. The van der Waals surface area contributed by atoms with E-state index in [0.717, 1.165) is 22.9 Å². The number of nitrogens with one attached hydrogen (secondary N) is 1. The molecule has 2 rings (SSSR count). The molecule has 0 saturated heterocycles. The van der Waals surface area contributed by atoms with Crippen LogP contribution in [-0.4, -0.2) is 4.98 Å². The van der Waals surface area contributed by atoms with E-state index in [1.54, 1.807) is 11.3 Å². The number of thiazole rings is 1. The van der Waals surface area contributed by atoms with E-state index in [2.05, 4.69) is 27.8 Å². The van der Waals surface area contributed by atoms with E-state index in [-0.39, 0.29) is 0 Å². The highest BCUT2D eigenvalue weighted by Crippen LogP contribution is 2.11. The van der Waals surface area contributed by atoms with Gasteiger partial charge in [-0.3, -0.25) is 0 Å². The van der Waals surface area contributed by atoms with Crippen molar-refractivity contribution < 1.29 is 0 Å². The molecule has 0 amide bonds. The largest absolute Gasteiger partial charge is 0.379 e. The fraction of sp³-hybridized carbons (Fsp3) is 0.182. The zero-order valence-electron chi connectivity index (χ0n) is 8.03. The Bertz CT molecular complexity index is 395. The van der Waals surface area contributed by atoms with Crippen LogP contribution in [0.5, 0.6) is 0 Å². The van der Waals surface area contributed by atoms with Crippen molar-refractivity contribution in [2.75, 3.05) is 5.32 Å². The summed E-state index contributed by atoms with van der Waals surface area (Å²) in [7, 11) is 0. The Labute approximate surface area is 87.6 Å². The molecule has 0 bridgehead atoms. The number of para-hydroxylation sites is 1. The number of nitrogens with zero attached hydrogens (tertiary/aromatic N) is 1. The summed E-state index contributed by atoms with van der Waals surface area (Å²) in [4.78, 5) is 4.38. The Balaban J connectivity index is 1.95. The van der Waals surface area contributed by atoms with Crippen molar-refractivity contribution in [3.8, 4) is 0 Å². The number of aromatic nitrogens is 1. The second-order valence-corrected chi connectivity index (χ2v) is 4.14. The fourth-order valence-electron chi connectivity index (χ4n) is 1.24. The highest BCUT2D eigenvalue weighted by molar-refractivity contribution is 7.09. The third-order valence-electron chi connectivity index (χ3n) is 1.91. The maximum atomic E-state index is 4.38. The minimum absolute atomic E-state index is 0.800. The van der Waals surface area contributed by atoms with Gasteiger partial charge in [0.05, 0.1) is 17.2 Å². The molecule has 0 aliphatic heterocycles. The Morgan fingerprint density at radius 2 is 2.07 bits per heavy atom. The number of hydrogen-bond donors (Lipinski definition) is 1. The van der Waals surface area contributed by atoms with Gasteiger partial charge in [0.25, 0.3) is 0 Å². The van der Waals surface area contributed by atoms with Crippen molar-refractivity contribution in [1.82, 2.24) is 4.98 Å². The molecule has 72 valence electrons. The summed E-state index contributed by atoms with van der Waals surface area (Å²) >= 11 is 1.69. The van der Waals surface area contributed by atoms with E-state index < -0.39 is 0 Å². The Morgan fingerprint density at radius 1 is 1.29 bits per heavy atom. The smallest absolute Gasteiger partial charge is 0.0898 e. The van der Waals surface area contributed by atoms with Crippen molar-refractivity contribution in [2.24, 2.45) is 0 Å². The van der Waals surface area contributed by atoms with Gasteiger partial charge < -0.3 is 5.32 Å². The van der Waals surface area contributed by atoms with Crippen LogP contribution in [0.4, 0.5) is 5.69 Å². The van der Waals surface area contributed by atoms with Gasteiger partial charge in [-0.1, -0.05) is 18.2 Å². The second-order valence-electron chi connectivity index (χ2n) is 3.08. The van der Waals surface area contributed by atoms with Gasteiger partial charge in [-0.25, -0.2) is 4.98 Å². The van der Waals surface area contributed by atoms with Gasteiger partial charge in [-0.05, 0) is 19.1 Å². The van der Waals surface area contributed by atoms with Crippen LogP contribution in [0.15, 0.2) is 35.7 Å². The molecule has 2 nitrogen and oxygen atoms in total. The van der Waals surface area contributed by atoms with Crippen LogP contribution in [0.3, 0.4) is 0 Å². The standard InChI is InChI=1S/C11H12N2S/c1-9-13-11(8-14-9)7-12-10-5-3-2-4-6-10/h2-6,8,12H,7H2,1H3. The lowest BCUT2D eigenvalue weighted by molar-refractivity contribution is 1.05. The topological polar surface area (TPSA) is 24.9 Å². The highest BCUT2D eigenvalue weighted by atomic mass is 32.1.